The topological polar surface area (TPSA) is 85.1 Å². The van der Waals surface area contributed by atoms with Gasteiger partial charge in [0.15, 0.2) is 0 Å². The number of hydrogen-bond acceptors (Lipinski definition) is 5. The molecule has 0 bridgehead atoms. The summed E-state index contributed by atoms with van der Waals surface area (Å²) in [6.45, 7) is 1.17. The summed E-state index contributed by atoms with van der Waals surface area (Å²) in [5.41, 5.74) is -4.05. The fourth-order valence-corrected chi connectivity index (χ4v) is 4.82. The summed E-state index contributed by atoms with van der Waals surface area (Å²) >= 11 is 0.491. The van der Waals surface area contributed by atoms with Crippen molar-refractivity contribution in [1.82, 2.24) is 14.8 Å². The lowest BCUT2D eigenvalue weighted by atomic mass is 9.97. The van der Waals surface area contributed by atoms with Gasteiger partial charge in [-0.2, -0.15) is 31.4 Å². The zero-order valence-corrected chi connectivity index (χ0v) is 18.6. The second-order valence-electron chi connectivity index (χ2n) is 7.67. The molecular weight excluding hydrogens is 500 g/mol. The van der Waals surface area contributed by atoms with Gasteiger partial charge in [0.05, 0.1) is 39.0 Å². The number of rotatable bonds is 5. The molecule has 0 radical (unpaired) electrons. The lowest BCUT2D eigenvalue weighted by molar-refractivity contribution is -0.142. The van der Waals surface area contributed by atoms with Crippen molar-refractivity contribution in [2.75, 3.05) is 0 Å². The number of nitrogens with zero attached hydrogens (tertiary/aromatic N) is 3. The molecule has 0 fully saturated rings. The monoisotopic (exact) mass is 515 g/mol. The summed E-state index contributed by atoms with van der Waals surface area (Å²) in [4.78, 5) is 28.7. The van der Waals surface area contributed by atoms with Crippen LogP contribution in [-0.2, 0) is 23.7 Å². The van der Waals surface area contributed by atoms with Gasteiger partial charge in [0.2, 0.25) is 0 Å². The van der Waals surface area contributed by atoms with Crippen LogP contribution in [0.25, 0.3) is 21.0 Å². The Labute approximate surface area is 196 Å². The molecule has 0 aliphatic heterocycles. The van der Waals surface area contributed by atoms with E-state index in [1.807, 2.05) is 0 Å². The first-order valence-electron chi connectivity index (χ1n) is 10.1. The minimum Gasteiger partial charge on any atom is -0.481 e. The quantitative estimate of drug-likeness (QED) is 0.346. The van der Waals surface area contributed by atoms with E-state index < -0.39 is 57.7 Å². The van der Waals surface area contributed by atoms with Gasteiger partial charge in [-0.1, -0.05) is 25.1 Å². The Hall–Kier alpha value is -3.48. The van der Waals surface area contributed by atoms with E-state index in [0.29, 0.717) is 22.8 Å². The number of thiazole rings is 1. The van der Waals surface area contributed by atoms with Gasteiger partial charge in [0.25, 0.3) is 5.56 Å². The smallest absolute Gasteiger partial charge is 0.417 e. The van der Waals surface area contributed by atoms with Crippen molar-refractivity contribution in [3.8, 4) is 0 Å². The number of aliphatic carboxylic acids is 1. The first-order valence-corrected chi connectivity index (χ1v) is 10.9. The van der Waals surface area contributed by atoms with Crippen molar-refractivity contribution < 1.29 is 36.2 Å². The first-order chi connectivity index (χ1) is 16.3. The molecule has 4 rings (SSSR count). The Morgan fingerprint density at radius 2 is 1.74 bits per heavy atom. The normalized spacial score (nSPS) is 13.5. The fourth-order valence-electron chi connectivity index (χ4n) is 3.76. The van der Waals surface area contributed by atoms with Gasteiger partial charge >= 0.3 is 18.3 Å². The van der Waals surface area contributed by atoms with Gasteiger partial charge in [-0.15, -0.1) is 11.3 Å². The molecule has 1 unspecified atom stereocenters. The minimum absolute atomic E-state index is 0.0293. The van der Waals surface area contributed by atoms with E-state index in [4.69, 9.17) is 0 Å². The van der Waals surface area contributed by atoms with Crippen molar-refractivity contribution >= 4 is 38.3 Å². The highest BCUT2D eigenvalue weighted by atomic mass is 32.1. The lowest BCUT2D eigenvalue weighted by Gasteiger charge is -2.14. The predicted molar refractivity (Wildman–Crippen MR) is 115 cm³/mol. The molecule has 13 heteroatoms. The molecule has 184 valence electrons. The highest BCUT2D eigenvalue weighted by molar-refractivity contribution is 7.18. The molecule has 2 heterocycles. The molecule has 1 N–H and O–H groups in total. The standard InChI is InChI=1S/C22H15F6N3O3S/c1-2-11(20(33)34)17-12-5-3-4-6-13(12)19(32)31(30-17)9-16-29-15-8-10(21(23,24)25)7-14(18(15)35-16)22(26,27)28/h3-8,11H,2,9H2,1H3,(H,33,34). The molecule has 1 atom stereocenters. The van der Waals surface area contributed by atoms with Crippen molar-refractivity contribution in [2.45, 2.75) is 38.2 Å². The number of carboxylic acid groups (broad SMARTS) is 1. The first kappa shape index (κ1) is 24.6. The zero-order valence-electron chi connectivity index (χ0n) is 17.7. The van der Waals surface area contributed by atoms with Crippen molar-refractivity contribution in [3.05, 3.63) is 68.6 Å². The van der Waals surface area contributed by atoms with Gasteiger partial charge < -0.3 is 5.11 Å². The van der Waals surface area contributed by atoms with Crippen LogP contribution >= 0.6 is 11.3 Å². The van der Waals surface area contributed by atoms with Crippen LogP contribution in [0.5, 0.6) is 0 Å². The Bertz CT molecular complexity index is 1510. The van der Waals surface area contributed by atoms with E-state index in [1.165, 1.54) is 6.07 Å². The van der Waals surface area contributed by atoms with E-state index >= 15 is 0 Å². The van der Waals surface area contributed by atoms with Crippen molar-refractivity contribution in [3.63, 3.8) is 0 Å². The predicted octanol–water partition coefficient (Wildman–Crippen LogP) is 5.67. The maximum absolute atomic E-state index is 13.5. The van der Waals surface area contributed by atoms with Gasteiger partial charge in [-0.25, -0.2) is 9.67 Å². The lowest BCUT2D eigenvalue weighted by Crippen LogP contribution is -2.27. The number of halogens is 6. The van der Waals surface area contributed by atoms with Gasteiger partial charge in [-0.3, -0.25) is 9.59 Å². The zero-order chi connectivity index (χ0) is 25.7. The average molecular weight is 515 g/mol. The van der Waals surface area contributed by atoms with Crippen LogP contribution in [0.15, 0.2) is 41.2 Å². The number of aromatic nitrogens is 3. The number of fused-ring (bicyclic) bond motifs is 2. The largest absolute Gasteiger partial charge is 0.481 e. The summed E-state index contributed by atoms with van der Waals surface area (Å²) in [5, 5.41) is 14.1. The second kappa shape index (κ2) is 8.63. The van der Waals surface area contributed by atoms with Crippen molar-refractivity contribution in [2.24, 2.45) is 0 Å². The van der Waals surface area contributed by atoms with E-state index in [-0.39, 0.29) is 28.6 Å². The second-order valence-corrected chi connectivity index (χ2v) is 8.75. The van der Waals surface area contributed by atoms with Crippen LogP contribution in [0.1, 0.15) is 41.1 Å². The number of carboxylic acids is 1. The van der Waals surface area contributed by atoms with Crippen LogP contribution in [-0.4, -0.2) is 25.8 Å². The minimum atomic E-state index is -5.07. The molecular formula is C22H15F6N3O3S. The Balaban J connectivity index is 1.90. The summed E-state index contributed by atoms with van der Waals surface area (Å²) in [6.07, 6.45) is -9.93. The third kappa shape index (κ3) is 4.59. The van der Waals surface area contributed by atoms with Crippen LogP contribution in [0.4, 0.5) is 26.3 Å². The molecule has 0 aliphatic rings. The van der Waals surface area contributed by atoms with E-state index in [1.54, 1.807) is 25.1 Å². The third-order valence-corrected chi connectivity index (χ3v) is 6.47. The van der Waals surface area contributed by atoms with Gasteiger partial charge in [0, 0.05) is 5.39 Å². The van der Waals surface area contributed by atoms with Crippen LogP contribution in [0.2, 0.25) is 0 Å². The van der Waals surface area contributed by atoms with Gasteiger partial charge in [-0.05, 0) is 24.6 Å². The molecule has 0 aliphatic carbocycles. The summed E-state index contributed by atoms with van der Waals surface area (Å²) in [5.74, 6) is -2.24. The van der Waals surface area contributed by atoms with Gasteiger partial charge in [0.1, 0.15) is 10.9 Å². The van der Waals surface area contributed by atoms with E-state index in [2.05, 4.69) is 10.1 Å². The molecule has 2 aromatic carbocycles. The molecule has 0 amide bonds. The molecule has 6 nitrogen and oxygen atoms in total. The summed E-state index contributed by atoms with van der Waals surface area (Å²) < 4.78 is 80.4. The Morgan fingerprint density at radius 1 is 1.09 bits per heavy atom. The van der Waals surface area contributed by atoms with Crippen LogP contribution < -0.4 is 5.56 Å². The maximum atomic E-state index is 13.5. The highest BCUT2D eigenvalue weighted by Crippen LogP contribution is 2.42. The molecule has 2 aromatic heterocycles. The van der Waals surface area contributed by atoms with E-state index in [9.17, 15) is 41.0 Å². The Morgan fingerprint density at radius 3 is 2.31 bits per heavy atom. The number of alkyl halides is 6. The third-order valence-electron chi connectivity index (χ3n) is 5.38. The van der Waals surface area contributed by atoms with Crippen LogP contribution in [0.3, 0.4) is 0 Å². The number of hydrogen-bond donors (Lipinski definition) is 1. The molecule has 4 aromatic rings. The summed E-state index contributed by atoms with van der Waals surface area (Å²) in [6, 6.07) is 6.72. The average Bonchev–Trinajstić information content (AvgIpc) is 3.17. The molecule has 35 heavy (non-hydrogen) atoms. The van der Waals surface area contributed by atoms with Crippen LogP contribution in [0, 0.1) is 0 Å². The highest BCUT2D eigenvalue weighted by Gasteiger charge is 2.39. The Kier molecular flexibility index (Phi) is 6.07. The molecule has 0 saturated carbocycles. The van der Waals surface area contributed by atoms with Crippen molar-refractivity contribution in [1.29, 1.82) is 0 Å². The summed E-state index contributed by atoms with van der Waals surface area (Å²) in [7, 11) is 0. The fraction of sp³-hybridized carbons (Fsp3) is 0.273. The number of benzene rings is 2. The molecule has 0 spiro atoms. The maximum Gasteiger partial charge on any atom is 0.417 e. The molecule has 0 saturated heterocycles. The van der Waals surface area contributed by atoms with E-state index in [0.717, 1.165) is 4.68 Å². The SMILES string of the molecule is CCC(C(=O)O)c1nn(Cc2nc3cc(C(F)(F)F)cc(C(F)(F)F)c3s2)c(=O)c2ccccc12. The number of carbonyl (C=O) groups is 1.